The maximum Gasteiger partial charge on any atom is 0.135 e. The SMILES string of the molecule is c1ccc(-c2ccccc2N(c2ccc(-c3cccc(-c4ccc5ccccc5c4)c3)cc2)c2ccc(-c3cccc(-c4cc5ccccc5o4)c3)cc2)cc1. The summed E-state index contributed by atoms with van der Waals surface area (Å²) in [7, 11) is 0. The Bertz CT molecular complexity index is 2930. The number of nitrogens with zero attached hydrogens (tertiary/aromatic N) is 1. The number of benzene rings is 9. The molecule has 2 heteroatoms. The summed E-state index contributed by atoms with van der Waals surface area (Å²) in [5.74, 6) is 0.872. The third-order valence-corrected chi connectivity index (χ3v) is 10.7. The molecule has 0 unspecified atom stereocenters. The lowest BCUT2D eigenvalue weighted by molar-refractivity contribution is 0.631. The highest BCUT2D eigenvalue weighted by Gasteiger charge is 2.18. The van der Waals surface area contributed by atoms with Crippen LogP contribution in [0.15, 0.2) is 229 Å². The molecule has 9 aromatic carbocycles. The number of fused-ring (bicyclic) bond motifs is 2. The van der Waals surface area contributed by atoms with Crippen LogP contribution in [-0.2, 0) is 0 Å². The van der Waals surface area contributed by atoms with Crippen molar-refractivity contribution in [3.63, 3.8) is 0 Å². The summed E-state index contributed by atoms with van der Waals surface area (Å²) in [6.45, 7) is 0. The predicted molar refractivity (Wildman–Crippen MR) is 236 cm³/mol. The largest absolute Gasteiger partial charge is 0.456 e. The van der Waals surface area contributed by atoms with Gasteiger partial charge in [-0.15, -0.1) is 0 Å². The first-order chi connectivity index (χ1) is 27.7. The predicted octanol–water partition coefficient (Wildman–Crippen LogP) is 15.4. The van der Waals surface area contributed by atoms with Gasteiger partial charge >= 0.3 is 0 Å². The van der Waals surface area contributed by atoms with Crippen LogP contribution in [0, 0.1) is 0 Å². The summed E-state index contributed by atoms with van der Waals surface area (Å²) in [5, 5.41) is 3.61. The molecule has 56 heavy (non-hydrogen) atoms. The Hall–Kier alpha value is -7.42. The minimum Gasteiger partial charge on any atom is -0.456 e. The van der Waals surface area contributed by atoms with Crippen LogP contribution in [0.1, 0.15) is 0 Å². The zero-order valence-corrected chi connectivity index (χ0v) is 30.7. The maximum absolute atomic E-state index is 6.21. The van der Waals surface area contributed by atoms with Crippen LogP contribution in [-0.4, -0.2) is 0 Å². The normalized spacial score (nSPS) is 11.2. The van der Waals surface area contributed by atoms with Crippen LogP contribution in [0.3, 0.4) is 0 Å². The van der Waals surface area contributed by atoms with E-state index in [-0.39, 0.29) is 0 Å². The first kappa shape index (κ1) is 33.2. The molecule has 0 bridgehead atoms. The fourth-order valence-electron chi connectivity index (χ4n) is 7.79. The minimum atomic E-state index is 0.872. The molecule has 10 aromatic rings. The van der Waals surface area contributed by atoms with Gasteiger partial charge in [0.2, 0.25) is 0 Å². The molecule has 0 N–H and O–H groups in total. The molecule has 0 saturated carbocycles. The van der Waals surface area contributed by atoms with Crippen molar-refractivity contribution in [2.24, 2.45) is 0 Å². The molecular formula is C54H37NO. The molecule has 0 radical (unpaired) electrons. The summed E-state index contributed by atoms with van der Waals surface area (Å²) in [6, 6.07) is 80.1. The lowest BCUT2D eigenvalue weighted by Crippen LogP contribution is -2.11. The zero-order valence-electron chi connectivity index (χ0n) is 30.7. The van der Waals surface area contributed by atoms with Gasteiger partial charge in [-0.3, -0.25) is 0 Å². The number of hydrogen-bond donors (Lipinski definition) is 0. The number of anilines is 3. The quantitative estimate of drug-likeness (QED) is 0.156. The van der Waals surface area contributed by atoms with Gasteiger partial charge in [0, 0.05) is 27.9 Å². The van der Waals surface area contributed by atoms with E-state index in [1.54, 1.807) is 0 Å². The van der Waals surface area contributed by atoms with Gasteiger partial charge in [0.25, 0.3) is 0 Å². The molecule has 0 amide bonds. The molecule has 1 aromatic heterocycles. The lowest BCUT2D eigenvalue weighted by Gasteiger charge is -2.28. The van der Waals surface area contributed by atoms with Gasteiger partial charge in [0.05, 0.1) is 5.69 Å². The van der Waals surface area contributed by atoms with Gasteiger partial charge in [-0.2, -0.15) is 0 Å². The molecule has 2 nitrogen and oxygen atoms in total. The van der Waals surface area contributed by atoms with Crippen molar-refractivity contribution < 1.29 is 4.42 Å². The second kappa shape index (κ2) is 14.4. The summed E-state index contributed by atoms with van der Waals surface area (Å²) in [5.41, 5.74) is 14.7. The van der Waals surface area contributed by atoms with Gasteiger partial charge < -0.3 is 9.32 Å². The zero-order chi connectivity index (χ0) is 37.3. The fourth-order valence-corrected chi connectivity index (χ4v) is 7.79. The number of furan rings is 1. The second-order valence-corrected chi connectivity index (χ2v) is 14.2. The number of para-hydroxylation sites is 2. The van der Waals surface area contributed by atoms with E-state index in [0.717, 1.165) is 50.5 Å². The van der Waals surface area contributed by atoms with Crippen molar-refractivity contribution in [2.45, 2.75) is 0 Å². The third-order valence-electron chi connectivity index (χ3n) is 10.7. The standard InChI is InChI=1S/C54H37NO/c1-2-13-41(14-3-1)51-21-7-8-22-52(51)55(50-32-28-40(29-33-50)44-18-11-20-47(36-44)54-37-48-16-6-9-23-53(48)56-54)49-30-26-39(27-31-49)43-17-10-19-45(34-43)46-25-24-38-12-4-5-15-42(38)35-46/h1-37H. The topological polar surface area (TPSA) is 16.4 Å². The molecule has 0 atom stereocenters. The highest BCUT2D eigenvalue weighted by Crippen LogP contribution is 2.42. The van der Waals surface area contributed by atoms with Gasteiger partial charge in [-0.05, 0) is 110 Å². The molecule has 0 aliphatic rings. The number of hydrogen-bond acceptors (Lipinski definition) is 2. The van der Waals surface area contributed by atoms with Crippen molar-refractivity contribution in [2.75, 3.05) is 4.90 Å². The first-order valence-electron chi connectivity index (χ1n) is 19.1. The Morgan fingerprint density at radius 2 is 0.786 bits per heavy atom. The Kier molecular flexibility index (Phi) is 8.55. The van der Waals surface area contributed by atoms with Gasteiger partial charge in [-0.1, -0.05) is 164 Å². The first-order valence-corrected chi connectivity index (χ1v) is 19.1. The van der Waals surface area contributed by atoms with Crippen molar-refractivity contribution in [1.82, 2.24) is 0 Å². The van der Waals surface area contributed by atoms with Crippen molar-refractivity contribution in [3.05, 3.63) is 224 Å². The Labute approximate surface area is 327 Å². The van der Waals surface area contributed by atoms with E-state index < -0.39 is 0 Å². The summed E-state index contributed by atoms with van der Waals surface area (Å²) in [4.78, 5) is 2.37. The maximum atomic E-state index is 6.21. The monoisotopic (exact) mass is 715 g/mol. The average molecular weight is 716 g/mol. The van der Waals surface area contributed by atoms with Crippen LogP contribution in [0.5, 0.6) is 0 Å². The van der Waals surface area contributed by atoms with Gasteiger partial charge in [-0.25, -0.2) is 0 Å². The van der Waals surface area contributed by atoms with E-state index in [1.165, 1.54) is 44.2 Å². The molecule has 0 saturated heterocycles. The van der Waals surface area contributed by atoms with E-state index >= 15 is 0 Å². The summed E-state index contributed by atoms with van der Waals surface area (Å²) in [6.07, 6.45) is 0. The van der Waals surface area contributed by atoms with Gasteiger partial charge in [0.1, 0.15) is 11.3 Å². The summed E-state index contributed by atoms with van der Waals surface area (Å²) >= 11 is 0. The smallest absolute Gasteiger partial charge is 0.135 e. The highest BCUT2D eigenvalue weighted by molar-refractivity contribution is 5.91. The molecule has 264 valence electrons. The van der Waals surface area contributed by atoms with E-state index in [0.29, 0.717) is 0 Å². The van der Waals surface area contributed by atoms with Gasteiger partial charge in [0.15, 0.2) is 0 Å². The summed E-state index contributed by atoms with van der Waals surface area (Å²) < 4.78 is 6.21. The van der Waals surface area contributed by atoms with Crippen LogP contribution in [0.4, 0.5) is 17.1 Å². The molecular weight excluding hydrogens is 679 g/mol. The second-order valence-electron chi connectivity index (χ2n) is 14.2. The van der Waals surface area contributed by atoms with Crippen molar-refractivity contribution >= 4 is 38.8 Å². The van der Waals surface area contributed by atoms with Crippen molar-refractivity contribution in [1.29, 1.82) is 0 Å². The molecule has 0 aliphatic heterocycles. The third kappa shape index (κ3) is 6.44. The lowest BCUT2D eigenvalue weighted by atomic mass is 9.97. The van der Waals surface area contributed by atoms with E-state index in [2.05, 4.69) is 211 Å². The average Bonchev–Trinajstić information content (AvgIpc) is 3.72. The molecule has 0 fully saturated rings. The van der Waals surface area contributed by atoms with E-state index in [4.69, 9.17) is 4.42 Å². The van der Waals surface area contributed by atoms with E-state index in [9.17, 15) is 0 Å². The van der Waals surface area contributed by atoms with Crippen molar-refractivity contribution in [3.8, 4) is 55.8 Å². The van der Waals surface area contributed by atoms with E-state index in [1.807, 2.05) is 18.2 Å². The minimum absolute atomic E-state index is 0.872. The molecule has 10 rings (SSSR count). The van der Waals surface area contributed by atoms with Crippen LogP contribution in [0.2, 0.25) is 0 Å². The Morgan fingerprint density at radius 1 is 0.286 bits per heavy atom. The fraction of sp³-hybridized carbons (Fsp3) is 0. The molecule has 1 heterocycles. The highest BCUT2D eigenvalue weighted by atomic mass is 16.3. The van der Waals surface area contributed by atoms with Crippen LogP contribution < -0.4 is 4.90 Å². The molecule has 0 aliphatic carbocycles. The molecule has 0 spiro atoms. The number of rotatable bonds is 8. The van der Waals surface area contributed by atoms with Crippen LogP contribution in [0.25, 0.3) is 77.6 Å². The van der Waals surface area contributed by atoms with Crippen LogP contribution >= 0.6 is 0 Å². The Balaban J connectivity index is 1.01. The Morgan fingerprint density at radius 3 is 1.48 bits per heavy atom.